The largest absolute Gasteiger partial charge is 0.352 e. The van der Waals surface area contributed by atoms with Crippen LogP contribution >= 0.6 is 0 Å². The van der Waals surface area contributed by atoms with Gasteiger partial charge < -0.3 is 5.32 Å². The summed E-state index contributed by atoms with van der Waals surface area (Å²) in [6.07, 6.45) is 5.68. The SMILES string of the molecule is O=C1NC2[C@@H]1[C@@H]1C=C[C@H]2C1. The maximum atomic E-state index is 11.0. The fourth-order valence-electron chi connectivity index (χ4n) is 2.54. The number of rotatable bonds is 0. The van der Waals surface area contributed by atoms with Crippen molar-refractivity contribution >= 4 is 5.91 Å². The highest BCUT2D eigenvalue weighted by Gasteiger charge is 2.54. The van der Waals surface area contributed by atoms with Crippen molar-refractivity contribution in [2.45, 2.75) is 12.5 Å². The van der Waals surface area contributed by atoms with Crippen LogP contribution in [0.25, 0.3) is 0 Å². The maximum absolute atomic E-state index is 11.0. The van der Waals surface area contributed by atoms with E-state index in [-0.39, 0.29) is 5.91 Å². The molecule has 52 valence electrons. The van der Waals surface area contributed by atoms with Crippen molar-refractivity contribution in [1.29, 1.82) is 0 Å². The van der Waals surface area contributed by atoms with E-state index in [1.807, 2.05) is 0 Å². The lowest BCUT2D eigenvalue weighted by Crippen LogP contribution is -2.59. The summed E-state index contributed by atoms with van der Waals surface area (Å²) < 4.78 is 0. The molecule has 0 aromatic heterocycles. The van der Waals surface area contributed by atoms with Gasteiger partial charge in [-0.1, -0.05) is 12.2 Å². The first-order valence-corrected chi connectivity index (χ1v) is 3.85. The molecule has 1 saturated carbocycles. The molecule has 4 atom stereocenters. The molecule has 1 saturated heterocycles. The van der Waals surface area contributed by atoms with Gasteiger partial charge in [-0.15, -0.1) is 0 Å². The number of fused-ring (bicyclic) bond motifs is 5. The van der Waals surface area contributed by atoms with Crippen molar-refractivity contribution < 1.29 is 4.79 Å². The monoisotopic (exact) mass is 135 g/mol. The predicted octanol–water partition coefficient (Wildman–Crippen LogP) is 0.307. The van der Waals surface area contributed by atoms with Gasteiger partial charge in [0.05, 0.1) is 5.92 Å². The summed E-state index contributed by atoms with van der Waals surface area (Å²) in [5.74, 6) is 1.90. The van der Waals surface area contributed by atoms with Crippen molar-refractivity contribution in [1.82, 2.24) is 5.32 Å². The number of allylic oxidation sites excluding steroid dienone is 1. The molecule has 0 spiro atoms. The molecule has 2 fully saturated rings. The van der Waals surface area contributed by atoms with E-state index in [4.69, 9.17) is 0 Å². The summed E-state index contributed by atoms with van der Waals surface area (Å²) in [5, 5.41) is 2.95. The third-order valence-corrected chi connectivity index (χ3v) is 3.07. The number of β-lactam (4-membered cyclic amide) rings is 1. The molecule has 1 heterocycles. The van der Waals surface area contributed by atoms with Crippen LogP contribution in [0.3, 0.4) is 0 Å². The molecule has 1 amide bonds. The minimum Gasteiger partial charge on any atom is -0.352 e. The highest BCUT2D eigenvalue weighted by atomic mass is 16.2. The van der Waals surface area contributed by atoms with Crippen LogP contribution in [0.4, 0.5) is 0 Å². The maximum Gasteiger partial charge on any atom is 0.226 e. The Balaban J connectivity index is 2.03. The second-order valence-corrected chi connectivity index (χ2v) is 3.51. The van der Waals surface area contributed by atoms with E-state index in [1.165, 1.54) is 6.42 Å². The number of amides is 1. The van der Waals surface area contributed by atoms with Gasteiger partial charge in [0.25, 0.3) is 0 Å². The van der Waals surface area contributed by atoms with Crippen LogP contribution in [0, 0.1) is 17.8 Å². The molecule has 0 aromatic carbocycles. The van der Waals surface area contributed by atoms with Crippen LogP contribution in [0.1, 0.15) is 6.42 Å². The van der Waals surface area contributed by atoms with Gasteiger partial charge in [-0.25, -0.2) is 0 Å². The van der Waals surface area contributed by atoms with Crippen molar-refractivity contribution in [2.24, 2.45) is 17.8 Å². The third-order valence-electron chi connectivity index (χ3n) is 3.07. The van der Waals surface area contributed by atoms with Gasteiger partial charge in [-0.3, -0.25) is 4.79 Å². The predicted molar refractivity (Wildman–Crippen MR) is 36.2 cm³/mol. The zero-order valence-corrected chi connectivity index (χ0v) is 5.58. The molecule has 2 heteroatoms. The van der Waals surface area contributed by atoms with Gasteiger partial charge >= 0.3 is 0 Å². The van der Waals surface area contributed by atoms with E-state index in [0.29, 0.717) is 23.8 Å². The summed E-state index contributed by atoms with van der Waals surface area (Å²) in [6.45, 7) is 0. The molecule has 0 aromatic rings. The first-order valence-electron chi connectivity index (χ1n) is 3.85. The number of carbonyl (C=O) groups excluding carboxylic acids is 1. The summed E-state index contributed by atoms with van der Waals surface area (Å²) in [6, 6.07) is 0.516. The molecule has 1 N–H and O–H groups in total. The molecule has 2 bridgehead atoms. The summed E-state index contributed by atoms with van der Waals surface area (Å²) >= 11 is 0. The first kappa shape index (κ1) is 4.94. The van der Waals surface area contributed by atoms with Gasteiger partial charge in [0.15, 0.2) is 0 Å². The van der Waals surface area contributed by atoms with E-state index in [9.17, 15) is 4.79 Å². The summed E-state index contributed by atoms with van der Waals surface area (Å²) in [7, 11) is 0. The van der Waals surface area contributed by atoms with Crippen LogP contribution in [-0.2, 0) is 4.79 Å². The molecular formula is C8H9NO. The molecular weight excluding hydrogens is 126 g/mol. The van der Waals surface area contributed by atoms with Crippen LogP contribution in [0.5, 0.6) is 0 Å². The van der Waals surface area contributed by atoms with Crippen LogP contribution in [0.15, 0.2) is 12.2 Å². The number of carbonyl (C=O) groups is 1. The van der Waals surface area contributed by atoms with Crippen molar-refractivity contribution in [3.63, 3.8) is 0 Å². The summed E-state index contributed by atoms with van der Waals surface area (Å²) in [4.78, 5) is 11.0. The topological polar surface area (TPSA) is 29.1 Å². The molecule has 2 nitrogen and oxygen atoms in total. The van der Waals surface area contributed by atoms with Gasteiger partial charge in [0.1, 0.15) is 0 Å². The quantitative estimate of drug-likeness (QED) is 0.376. The molecule has 1 unspecified atom stereocenters. The van der Waals surface area contributed by atoms with Gasteiger partial charge in [-0.05, 0) is 18.3 Å². The zero-order chi connectivity index (χ0) is 6.72. The minimum atomic E-state index is 0.279. The Morgan fingerprint density at radius 2 is 2.20 bits per heavy atom. The van der Waals surface area contributed by atoms with Gasteiger partial charge in [0.2, 0.25) is 5.91 Å². The Bertz CT molecular complexity index is 233. The second kappa shape index (κ2) is 1.29. The fraction of sp³-hybridized carbons (Fsp3) is 0.625. The molecule has 10 heavy (non-hydrogen) atoms. The van der Waals surface area contributed by atoms with Crippen molar-refractivity contribution in [3.8, 4) is 0 Å². The number of hydrogen-bond acceptors (Lipinski definition) is 1. The highest BCUT2D eigenvalue weighted by Crippen LogP contribution is 2.47. The number of hydrogen-bond donors (Lipinski definition) is 1. The molecule has 1 aliphatic heterocycles. The highest BCUT2D eigenvalue weighted by molar-refractivity contribution is 5.87. The van der Waals surface area contributed by atoms with E-state index < -0.39 is 0 Å². The molecule has 0 radical (unpaired) electrons. The van der Waals surface area contributed by atoms with E-state index in [0.717, 1.165) is 0 Å². The second-order valence-electron chi connectivity index (χ2n) is 3.51. The smallest absolute Gasteiger partial charge is 0.226 e. The Kier molecular flexibility index (Phi) is 0.636. The van der Waals surface area contributed by atoms with Crippen LogP contribution in [-0.4, -0.2) is 11.9 Å². The third kappa shape index (κ3) is 0.349. The summed E-state index contributed by atoms with van der Waals surface area (Å²) in [5.41, 5.74) is 0. The van der Waals surface area contributed by atoms with Crippen molar-refractivity contribution in [2.75, 3.05) is 0 Å². The van der Waals surface area contributed by atoms with Crippen LogP contribution in [0.2, 0.25) is 0 Å². The van der Waals surface area contributed by atoms with E-state index in [2.05, 4.69) is 17.5 Å². The normalized spacial score (nSPS) is 54.2. The Labute approximate surface area is 59.3 Å². The standard InChI is InChI=1S/C8H9NO/c10-8-6-4-1-2-5(3-4)7(6)9-8/h1-2,4-7H,3H2,(H,9,10)/t4-,5+,6+,7?/m1/s1. The minimum absolute atomic E-state index is 0.279. The fourth-order valence-corrected chi connectivity index (χ4v) is 2.54. The van der Waals surface area contributed by atoms with Crippen molar-refractivity contribution in [3.05, 3.63) is 12.2 Å². The average Bonchev–Trinajstić information content (AvgIpc) is 2.40. The average molecular weight is 135 g/mol. The Morgan fingerprint density at radius 1 is 1.40 bits per heavy atom. The van der Waals surface area contributed by atoms with E-state index in [1.54, 1.807) is 0 Å². The lowest BCUT2D eigenvalue weighted by Gasteiger charge is -2.37. The first-order chi connectivity index (χ1) is 4.86. The zero-order valence-electron chi connectivity index (χ0n) is 5.58. The van der Waals surface area contributed by atoms with Crippen LogP contribution < -0.4 is 5.32 Å². The lowest BCUT2D eigenvalue weighted by molar-refractivity contribution is -0.135. The molecule has 2 aliphatic carbocycles. The molecule has 3 rings (SSSR count). The van der Waals surface area contributed by atoms with Gasteiger partial charge in [0, 0.05) is 6.04 Å². The molecule has 3 aliphatic rings. The number of nitrogens with one attached hydrogen (secondary N) is 1. The Morgan fingerprint density at radius 3 is 2.80 bits per heavy atom. The van der Waals surface area contributed by atoms with Gasteiger partial charge in [-0.2, -0.15) is 0 Å². The Hall–Kier alpha value is -0.790. The lowest BCUT2D eigenvalue weighted by atomic mass is 9.82. The van der Waals surface area contributed by atoms with E-state index >= 15 is 0 Å².